The second-order valence-electron chi connectivity index (χ2n) is 5.13. The van der Waals surface area contributed by atoms with E-state index in [0.717, 1.165) is 0 Å². The zero-order valence-corrected chi connectivity index (χ0v) is 13.0. The van der Waals surface area contributed by atoms with Gasteiger partial charge >= 0.3 is 5.97 Å². The molecular formula is C14H17N3O4S. The molecule has 1 heterocycles. The van der Waals surface area contributed by atoms with Crippen molar-refractivity contribution in [3.8, 4) is 0 Å². The lowest BCUT2D eigenvalue weighted by Crippen LogP contribution is -2.13. The van der Waals surface area contributed by atoms with Crippen LogP contribution >= 0.6 is 0 Å². The Bertz CT molecular complexity index is 781. The van der Waals surface area contributed by atoms with E-state index < -0.39 is 16.0 Å². The predicted octanol–water partition coefficient (Wildman–Crippen LogP) is 1.89. The van der Waals surface area contributed by atoms with Crippen molar-refractivity contribution >= 4 is 21.7 Å². The molecule has 0 aliphatic heterocycles. The Kier molecular flexibility index (Phi) is 4.51. The van der Waals surface area contributed by atoms with E-state index in [-0.39, 0.29) is 17.5 Å². The fourth-order valence-corrected chi connectivity index (χ4v) is 2.85. The molecule has 0 saturated heterocycles. The molecule has 0 saturated carbocycles. The van der Waals surface area contributed by atoms with Crippen molar-refractivity contribution in [2.45, 2.75) is 31.3 Å². The third-order valence-electron chi connectivity index (χ3n) is 2.98. The van der Waals surface area contributed by atoms with Crippen LogP contribution in [0.15, 0.2) is 41.8 Å². The van der Waals surface area contributed by atoms with Crippen molar-refractivity contribution < 1.29 is 18.3 Å². The van der Waals surface area contributed by atoms with Gasteiger partial charge in [0.05, 0.1) is 12.7 Å². The van der Waals surface area contributed by atoms with Crippen LogP contribution in [0.1, 0.15) is 25.5 Å². The quantitative estimate of drug-likeness (QED) is 0.845. The topological polar surface area (TPSA) is 101 Å². The lowest BCUT2D eigenvalue weighted by molar-refractivity contribution is -0.136. The maximum absolute atomic E-state index is 12.3. The number of aliphatic carboxylic acids is 1. The number of anilines is 1. The number of rotatable bonds is 6. The van der Waals surface area contributed by atoms with Gasteiger partial charge in [-0.25, -0.2) is 4.98 Å². The predicted molar refractivity (Wildman–Crippen MR) is 81.2 cm³/mol. The summed E-state index contributed by atoms with van der Waals surface area (Å²) in [5, 5.41) is 8.69. The number of nitrogens with one attached hydrogen (secondary N) is 1. The van der Waals surface area contributed by atoms with E-state index in [0.29, 0.717) is 11.3 Å². The number of imidazole rings is 1. The summed E-state index contributed by atoms with van der Waals surface area (Å²) in [5.74, 6) is -0.976. The van der Waals surface area contributed by atoms with Gasteiger partial charge in [-0.15, -0.1) is 0 Å². The van der Waals surface area contributed by atoms with Crippen LogP contribution in [0.3, 0.4) is 0 Å². The molecule has 0 radical (unpaired) electrons. The highest BCUT2D eigenvalue weighted by molar-refractivity contribution is 7.92. The van der Waals surface area contributed by atoms with Crippen molar-refractivity contribution in [2.75, 3.05) is 4.72 Å². The first kappa shape index (κ1) is 16.0. The number of nitrogens with zero attached hydrogens (tertiary/aromatic N) is 2. The molecule has 0 aliphatic rings. The van der Waals surface area contributed by atoms with Crippen LogP contribution in [0.4, 0.5) is 5.69 Å². The highest BCUT2D eigenvalue weighted by atomic mass is 32.2. The standard InChI is InChI=1S/C14H17N3O4S/c1-10(2)17-8-13(15-9-17)22(20,21)16-12-5-3-4-11(6-12)7-14(18)19/h3-6,8-10,16H,7H2,1-2H3,(H,18,19). The number of carboxylic acid groups (broad SMARTS) is 1. The summed E-state index contributed by atoms with van der Waals surface area (Å²) in [5.41, 5.74) is 0.818. The SMILES string of the molecule is CC(C)n1cnc(S(=O)(=O)Nc2cccc(CC(=O)O)c2)c1. The molecule has 0 aliphatic carbocycles. The van der Waals surface area contributed by atoms with Gasteiger partial charge in [-0.05, 0) is 31.5 Å². The number of sulfonamides is 1. The molecule has 0 atom stereocenters. The average molecular weight is 323 g/mol. The first-order valence-electron chi connectivity index (χ1n) is 6.65. The van der Waals surface area contributed by atoms with E-state index in [4.69, 9.17) is 5.11 Å². The van der Waals surface area contributed by atoms with Gasteiger partial charge in [0.15, 0.2) is 5.03 Å². The van der Waals surface area contributed by atoms with Gasteiger partial charge < -0.3 is 9.67 Å². The molecule has 118 valence electrons. The fraction of sp³-hybridized carbons (Fsp3) is 0.286. The molecule has 1 aromatic carbocycles. The Hall–Kier alpha value is -2.35. The normalized spacial score (nSPS) is 11.6. The minimum Gasteiger partial charge on any atom is -0.481 e. The number of hydrogen-bond donors (Lipinski definition) is 2. The van der Waals surface area contributed by atoms with Gasteiger partial charge in [0.25, 0.3) is 10.0 Å². The van der Waals surface area contributed by atoms with Crippen molar-refractivity contribution in [1.29, 1.82) is 0 Å². The highest BCUT2D eigenvalue weighted by Crippen LogP contribution is 2.17. The van der Waals surface area contributed by atoms with Gasteiger partial charge in [-0.3, -0.25) is 9.52 Å². The number of hydrogen-bond acceptors (Lipinski definition) is 4. The molecular weight excluding hydrogens is 306 g/mol. The Morgan fingerprint density at radius 1 is 1.41 bits per heavy atom. The zero-order valence-electron chi connectivity index (χ0n) is 12.2. The lowest BCUT2D eigenvalue weighted by Gasteiger charge is -2.07. The van der Waals surface area contributed by atoms with Crippen LogP contribution in [0.2, 0.25) is 0 Å². The molecule has 7 nitrogen and oxygen atoms in total. The highest BCUT2D eigenvalue weighted by Gasteiger charge is 2.18. The van der Waals surface area contributed by atoms with Crippen LogP contribution in [-0.4, -0.2) is 29.0 Å². The zero-order chi connectivity index (χ0) is 16.3. The molecule has 2 aromatic rings. The number of aromatic nitrogens is 2. The minimum absolute atomic E-state index is 0.0789. The van der Waals surface area contributed by atoms with E-state index in [9.17, 15) is 13.2 Å². The van der Waals surface area contributed by atoms with E-state index in [1.165, 1.54) is 18.6 Å². The third-order valence-corrected chi connectivity index (χ3v) is 4.25. The molecule has 0 spiro atoms. The molecule has 0 fully saturated rings. The lowest BCUT2D eigenvalue weighted by atomic mass is 10.1. The van der Waals surface area contributed by atoms with Crippen LogP contribution in [-0.2, 0) is 21.2 Å². The van der Waals surface area contributed by atoms with Gasteiger partial charge in [0.2, 0.25) is 0 Å². The number of carboxylic acids is 1. The second-order valence-corrected chi connectivity index (χ2v) is 6.76. The first-order chi connectivity index (χ1) is 10.3. The van der Waals surface area contributed by atoms with Crippen LogP contribution < -0.4 is 4.72 Å². The molecule has 0 unspecified atom stereocenters. The van der Waals surface area contributed by atoms with Crippen LogP contribution in [0.25, 0.3) is 0 Å². The van der Waals surface area contributed by atoms with Gasteiger partial charge in [-0.2, -0.15) is 8.42 Å². The fourth-order valence-electron chi connectivity index (χ4n) is 1.87. The number of benzene rings is 1. The van der Waals surface area contributed by atoms with Crippen molar-refractivity contribution in [1.82, 2.24) is 9.55 Å². The summed E-state index contributed by atoms with van der Waals surface area (Å²) in [6, 6.07) is 6.38. The maximum atomic E-state index is 12.3. The Morgan fingerprint density at radius 3 is 2.73 bits per heavy atom. The smallest absolute Gasteiger partial charge is 0.307 e. The van der Waals surface area contributed by atoms with Crippen LogP contribution in [0.5, 0.6) is 0 Å². The monoisotopic (exact) mass is 323 g/mol. The van der Waals surface area contributed by atoms with Gasteiger partial charge in [0, 0.05) is 17.9 Å². The van der Waals surface area contributed by atoms with Crippen molar-refractivity contribution in [3.63, 3.8) is 0 Å². The molecule has 1 aromatic heterocycles. The minimum atomic E-state index is -3.80. The Labute approximate surface area is 128 Å². The Balaban J connectivity index is 2.22. The van der Waals surface area contributed by atoms with E-state index >= 15 is 0 Å². The maximum Gasteiger partial charge on any atom is 0.307 e. The van der Waals surface area contributed by atoms with E-state index in [2.05, 4.69) is 9.71 Å². The molecule has 0 amide bonds. The molecule has 2 rings (SSSR count). The van der Waals surface area contributed by atoms with Gasteiger partial charge in [0.1, 0.15) is 0 Å². The molecule has 0 bridgehead atoms. The number of carbonyl (C=O) groups is 1. The first-order valence-corrected chi connectivity index (χ1v) is 8.13. The van der Waals surface area contributed by atoms with Crippen molar-refractivity contribution in [3.05, 3.63) is 42.4 Å². The summed E-state index contributed by atoms with van der Waals surface area (Å²) in [7, 11) is -3.80. The molecule has 22 heavy (non-hydrogen) atoms. The third kappa shape index (κ3) is 3.85. The Morgan fingerprint density at radius 2 is 2.14 bits per heavy atom. The van der Waals surface area contributed by atoms with Crippen molar-refractivity contribution in [2.24, 2.45) is 0 Å². The summed E-state index contributed by atoms with van der Waals surface area (Å²) in [6.07, 6.45) is 2.74. The van der Waals surface area contributed by atoms with Crippen LogP contribution in [0, 0.1) is 0 Å². The summed E-state index contributed by atoms with van der Waals surface area (Å²) in [4.78, 5) is 14.6. The molecule has 2 N–H and O–H groups in total. The largest absolute Gasteiger partial charge is 0.481 e. The van der Waals surface area contributed by atoms with E-state index in [1.54, 1.807) is 22.8 Å². The summed E-state index contributed by atoms with van der Waals surface area (Å²) >= 11 is 0. The van der Waals surface area contributed by atoms with E-state index in [1.807, 2.05) is 13.8 Å². The summed E-state index contributed by atoms with van der Waals surface area (Å²) in [6.45, 7) is 3.84. The summed E-state index contributed by atoms with van der Waals surface area (Å²) < 4.78 is 28.6. The second kappa shape index (κ2) is 6.18. The van der Waals surface area contributed by atoms with Gasteiger partial charge in [-0.1, -0.05) is 12.1 Å². The molecule has 8 heteroatoms. The average Bonchev–Trinajstić information content (AvgIpc) is 2.88.